The Kier molecular flexibility index (Phi) is 6.32. The van der Waals surface area contributed by atoms with E-state index in [1.54, 1.807) is 6.07 Å². The van der Waals surface area contributed by atoms with Crippen molar-refractivity contribution in [1.82, 2.24) is 10.2 Å². The molecule has 1 amide bonds. The first-order valence-corrected chi connectivity index (χ1v) is 6.70. The van der Waals surface area contributed by atoms with Crippen LogP contribution in [0.1, 0.15) is 29.8 Å². The molecule has 1 rings (SSSR count). The van der Waals surface area contributed by atoms with Gasteiger partial charge in [0.1, 0.15) is 0 Å². The van der Waals surface area contributed by atoms with Gasteiger partial charge in [0.25, 0.3) is 5.91 Å². The van der Waals surface area contributed by atoms with E-state index in [1.165, 1.54) is 0 Å². The molecule has 5 heteroatoms. The summed E-state index contributed by atoms with van der Waals surface area (Å²) in [6.45, 7) is 9.70. The Morgan fingerprint density at radius 1 is 1.32 bits per heavy atom. The second kappa shape index (κ2) is 7.76. The highest BCUT2D eigenvalue weighted by Crippen LogP contribution is 2.14. The topological polar surface area (TPSA) is 70.4 Å². The number of nitrogens with zero attached hydrogens (tertiary/aromatic N) is 1. The van der Waals surface area contributed by atoms with Gasteiger partial charge in [-0.2, -0.15) is 0 Å². The highest BCUT2D eigenvalue weighted by Gasteiger charge is 2.07. The van der Waals surface area contributed by atoms with Gasteiger partial charge in [-0.3, -0.25) is 10.6 Å². The van der Waals surface area contributed by atoms with Gasteiger partial charge in [-0.1, -0.05) is 13.8 Å². The van der Waals surface area contributed by atoms with Crippen molar-refractivity contribution in [2.75, 3.05) is 31.6 Å². The number of nitrogen functional groups attached to an aromatic ring is 1. The van der Waals surface area contributed by atoms with Crippen LogP contribution in [-0.2, 0) is 0 Å². The highest BCUT2D eigenvalue weighted by molar-refractivity contribution is 5.94. The summed E-state index contributed by atoms with van der Waals surface area (Å²) in [4.78, 5) is 14.2. The van der Waals surface area contributed by atoms with E-state index < -0.39 is 0 Å². The van der Waals surface area contributed by atoms with Crippen LogP contribution in [0.25, 0.3) is 0 Å². The maximum Gasteiger partial charge on any atom is 0.251 e. The van der Waals surface area contributed by atoms with Crippen molar-refractivity contribution < 1.29 is 4.79 Å². The zero-order valence-electron chi connectivity index (χ0n) is 12.0. The normalized spacial score (nSPS) is 10.6. The molecule has 19 heavy (non-hydrogen) atoms. The average Bonchev–Trinajstić information content (AvgIpc) is 2.43. The average molecular weight is 264 g/mol. The molecule has 0 fully saturated rings. The van der Waals surface area contributed by atoms with E-state index in [4.69, 9.17) is 5.84 Å². The summed E-state index contributed by atoms with van der Waals surface area (Å²) < 4.78 is 0. The Labute approximate surface area is 115 Å². The second-order valence-corrected chi connectivity index (χ2v) is 4.46. The number of likely N-dealkylation sites (N-methyl/N-ethyl adjacent to an activating group) is 1. The number of hydrogen-bond donors (Lipinski definition) is 3. The number of rotatable bonds is 7. The summed E-state index contributed by atoms with van der Waals surface area (Å²) >= 11 is 0. The van der Waals surface area contributed by atoms with Crippen LogP contribution in [0, 0.1) is 6.92 Å². The summed E-state index contributed by atoms with van der Waals surface area (Å²) in [6.07, 6.45) is 0. The molecule has 0 aliphatic heterocycles. The van der Waals surface area contributed by atoms with Gasteiger partial charge in [0.15, 0.2) is 0 Å². The number of hydrazine groups is 1. The predicted molar refractivity (Wildman–Crippen MR) is 79.1 cm³/mol. The van der Waals surface area contributed by atoms with Crippen LogP contribution in [0.2, 0.25) is 0 Å². The third kappa shape index (κ3) is 4.54. The lowest BCUT2D eigenvalue weighted by molar-refractivity contribution is 0.0949. The molecule has 0 bridgehead atoms. The number of benzene rings is 1. The van der Waals surface area contributed by atoms with Gasteiger partial charge in [0, 0.05) is 18.7 Å². The van der Waals surface area contributed by atoms with Gasteiger partial charge < -0.3 is 15.6 Å². The Morgan fingerprint density at radius 2 is 2.00 bits per heavy atom. The number of amides is 1. The highest BCUT2D eigenvalue weighted by atomic mass is 16.1. The maximum absolute atomic E-state index is 12.0. The summed E-state index contributed by atoms with van der Waals surface area (Å²) in [5, 5.41) is 2.93. The number of hydrogen-bond acceptors (Lipinski definition) is 4. The largest absolute Gasteiger partial charge is 0.351 e. The zero-order chi connectivity index (χ0) is 14.3. The number of carbonyl (C=O) groups excluding carboxylic acids is 1. The van der Waals surface area contributed by atoms with E-state index in [0.29, 0.717) is 12.1 Å². The van der Waals surface area contributed by atoms with Crippen molar-refractivity contribution >= 4 is 11.6 Å². The fraction of sp³-hybridized carbons (Fsp3) is 0.500. The molecule has 4 N–H and O–H groups in total. The first kappa shape index (κ1) is 15.5. The number of aryl methyl sites for hydroxylation is 1. The third-order valence-electron chi connectivity index (χ3n) is 3.25. The van der Waals surface area contributed by atoms with Crippen molar-refractivity contribution in [2.45, 2.75) is 20.8 Å². The van der Waals surface area contributed by atoms with Gasteiger partial charge in [-0.05, 0) is 43.8 Å². The van der Waals surface area contributed by atoms with Crippen LogP contribution in [-0.4, -0.2) is 37.0 Å². The van der Waals surface area contributed by atoms with Crippen LogP contribution in [0.3, 0.4) is 0 Å². The van der Waals surface area contributed by atoms with Crippen molar-refractivity contribution in [3.05, 3.63) is 29.3 Å². The molecule has 0 aliphatic rings. The molecule has 0 spiro atoms. The quantitative estimate of drug-likeness (QED) is 0.513. The fourth-order valence-electron chi connectivity index (χ4n) is 1.94. The molecule has 5 nitrogen and oxygen atoms in total. The summed E-state index contributed by atoms with van der Waals surface area (Å²) in [7, 11) is 0. The molecular formula is C14H24N4O. The SMILES string of the molecule is CCN(CC)CCNC(=O)c1ccc(NN)c(C)c1. The molecular weight excluding hydrogens is 240 g/mol. The predicted octanol–water partition coefficient (Wildman–Crippen LogP) is 1.35. The van der Waals surface area contributed by atoms with E-state index >= 15 is 0 Å². The number of nitrogens with two attached hydrogens (primary N) is 1. The van der Waals surface area contributed by atoms with Gasteiger partial charge in [0.05, 0.1) is 5.69 Å². The first-order chi connectivity index (χ1) is 9.12. The molecule has 1 aromatic rings. The lowest BCUT2D eigenvalue weighted by atomic mass is 10.1. The molecule has 0 heterocycles. The molecule has 0 aromatic heterocycles. The second-order valence-electron chi connectivity index (χ2n) is 4.46. The third-order valence-corrected chi connectivity index (χ3v) is 3.25. The Balaban J connectivity index is 2.52. The Morgan fingerprint density at radius 3 is 2.53 bits per heavy atom. The molecule has 1 aromatic carbocycles. The first-order valence-electron chi connectivity index (χ1n) is 6.70. The van der Waals surface area contributed by atoms with Crippen molar-refractivity contribution in [1.29, 1.82) is 0 Å². The number of carbonyl (C=O) groups is 1. The maximum atomic E-state index is 12.0. The zero-order valence-corrected chi connectivity index (χ0v) is 12.0. The van der Waals surface area contributed by atoms with E-state index in [0.717, 1.165) is 30.9 Å². The minimum Gasteiger partial charge on any atom is -0.351 e. The van der Waals surface area contributed by atoms with Gasteiger partial charge in [0.2, 0.25) is 0 Å². The van der Waals surface area contributed by atoms with Crippen LogP contribution < -0.4 is 16.6 Å². The van der Waals surface area contributed by atoms with E-state index in [2.05, 4.69) is 29.5 Å². The summed E-state index contributed by atoms with van der Waals surface area (Å²) in [5.74, 6) is 5.32. The van der Waals surface area contributed by atoms with Crippen molar-refractivity contribution in [3.8, 4) is 0 Å². The Hall–Kier alpha value is -1.59. The smallest absolute Gasteiger partial charge is 0.251 e. The van der Waals surface area contributed by atoms with Gasteiger partial charge >= 0.3 is 0 Å². The van der Waals surface area contributed by atoms with Crippen LogP contribution in [0.15, 0.2) is 18.2 Å². The molecule has 0 atom stereocenters. The van der Waals surface area contributed by atoms with Crippen molar-refractivity contribution in [2.24, 2.45) is 5.84 Å². The number of anilines is 1. The minimum atomic E-state index is -0.0428. The van der Waals surface area contributed by atoms with Crippen LogP contribution >= 0.6 is 0 Å². The van der Waals surface area contributed by atoms with E-state index in [9.17, 15) is 4.79 Å². The fourth-order valence-corrected chi connectivity index (χ4v) is 1.94. The van der Waals surface area contributed by atoms with Gasteiger partial charge in [-0.15, -0.1) is 0 Å². The monoisotopic (exact) mass is 264 g/mol. The van der Waals surface area contributed by atoms with E-state index in [-0.39, 0.29) is 5.91 Å². The molecule has 0 saturated heterocycles. The van der Waals surface area contributed by atoms with Crippen LogP contribution in [0.4, 0.5) is 5.69 Å². The molecule has 0 saturated carbocycles. The summed E-state index contributed by atoms with van der Waals surface area (Å²) in [5.41, 5.74) is 5.05. The van der Waals surface area contributed by atoms with Crippen molar-refractivity contribution in [3.63, 3.8) is 0 Å². The van der Waals surface area contributed by atoms with Gasteiger partial charge in [-0.25, -0.2) is 0 Å². The molecule has 106 valence electrons. The summed E-state index contributed by atoms with van der Waals surface area (Å²) in [6, 6.07) is 5.42. The minimum absolute atomic E-state index is 0.0428. The molecule has 0 unspecified atom stereocenters. The van der Waals surface area contributed by atoms with Crippen LogP contribution in [0.5, 0.6) is 0 Å². The number of nitrogens with one attached hydrogen (secondary N) is 2. The molecule has 0 aliphatic carbocycles. The standard InChI is InChI=1S/C14H24N4O/c1-4-18(5-2)9-8-16-14(19)12-6-7-13(17-15)11(3)10-12/h6-7,10,17H,4-5,8-9,15H2,1-3H3,(H,16,19). The van der Waals surface area contributed by atoms with E-state index in [1.807, 2.05) is 19.1 Å². The Bertz CT molecular complexity index is 416. The molecule has 0 radical (unpaired) electrons. The lowest BCUT2D eigenvalue weighted by Crippen LogP contribution is -2.34. The lowest BCUT2D eigenvalue weighted by Gasteiger charge is -2.18.